The van der Waals surface area contributed by atoms with Gasteiger partial charge in [-0.05, 0) is 36.0 Å². The predicted octanol–water partition coefficient (Wildman–Crippen LogP) is 2.08. The summed E-state index contributed by atoms with van der Waals surface area (Å²) in [7, 11) is 3.40. The fraction of sp³-hybridized carbons (Fsp3) is 0.462. The molecule has 6 heteroatoms. The van der Waals surface area contributed by atoms with Crippen molar-refractivity contribution in [2.45, 2.75) is 19.1 Å². The molecule has 19 heavy (non-hydrogen) atoms. The number of hydrogen-bond donors (Lipinski definition) is 2. The topological polar surface area (TPSA) is 59.6 Å². The maximum Gasteiger partial charge on any atom is 0.246 e. The van der Waals surface area contributed by atoms with Crippen molar-refractivity contribution in [3.63, 3.8) is 0 Å². The van der Waals surface area contributed by atoms with Crippen molar-refractivity contribution in [2.75, 3.05) is 26.1 Å². The third-order valence-corrected chi connectivity index (χ3v) is 3.57. The molecular weight excluding hydrogens is 312 g/mol. The van der Waals surface area contributed by atoms with Crippen LogP contribution in [0.5, 0.6) is 5.75 Å². The Kier molecular flexibility index (Phi) is 4.44. The van der Waals surface area contributed by atoms with Crippen LogP contribution in [0.2, 0.25) is 0 Å². The molecule has 0 radical (unpaired) electrons. The minimum absolute atomic E-state index is 0.0495. The Hall–Kier alpha value is -1.11. The number of rotatable bonds is 5. The Balaban J connectivity index is 2.26. The molecule has 1 aromatic carbocycles. The number of benzene rings is 1. The van der Waals surface area contributed by atoms with Gasteiger partial charge in [-0.1, -0.05) is 0 Å². The second kappa shape index (κ2) is 5.90. The normalized spacial score (nSPS) is 18.9. The van der Waals surface area contributed by atoms with E-state index in [4.69, 9.17) is 9.47 Å². The first-order valence-corrected chi connectivity index (χ1v) is 6.83. The van der Waals surface area contributed by atoms with Crippen molar-refractivity contribution < 1.29 is 14.3 Å². The van der Waals surface area contributed by atoms with Gasteiger partial charge >= 0.3 is 0 Å². The minimum atomic E-state index is -0.309. The van der Waals surface area contributed by atoms with Gasteiger partial charge in [-0.3, -0.25) is 4.79 Å². The van der Waals surface area contributed by atoms with Gasteiger partial charge in [0, 0.05) is 24.4 Å². The van der Waals surface area contributed by atoms with Crippen molar-refractivity contribution in [3.8, 4) is 5.75 Å². The van der Waals surface area contributed by atoms with E-state index >= 15 is 0 Å². The molecule has 1 heterocycles. The zero-order valence-corrected chi connectivity index (χ0v) is 12.7. The zero-order valence-electron chi connectivity index (χ0n) is 11.1. The lowest BCUT2D eigenvalue weighted by atomic mass is 10.1. The van der Waals surface area contributed by atoms with Gasteiger partial charge in [-0.25, -0.2) is 0 Å². The van der Waals surface area contributed by atoms with E-state index in [1.807, 2.05) is 19.1 Å². The average Bonchev–Trinajstić information content (AvgIpc) is 2.64. The van der Waals surface area contributed by atoms with Crippen LogP contribution in [-0.4, -0.2) is 32.8 Å². The Bertz CT molecular complexity index is 493. The van der Waals surface area contributed by atoms with E-state index in [1.165, 1.54) is 0 Å². The molecule has 104 valence electrons. The van der Waals surface area contributed by atoms with Gasteiger partial charge in [0.25, 0.3) is 0 Å². The molecule has 2 N–H and O–H groups in total. The summed E-state index contributed by atoms with van der Waals surface area (Å²) in [6, 6.07) is 3.43. The smallest absolute Gasteiger partial charge is 0.246 e. The maximum atomic E-state index is 11.8. The van der Waals surface area contributed by atoms with E-state index in [9.17, 15) is 4.79 Å². The quantitative estimate of drug-likeness (QED) is 0.868. The largest absolute Gasteiger partial charge is 0.487 e. The molecule has 1 aliphatic rings. The van der Waals surface area contributed by atoms with Crippen LogP contribution in [0.1, 0.15) is 18.5 Å². The molecule has 0 saturated heterocycles. The maximum absolute atomic E-state index is 11.8. The molecule has 1 amide bonds. The number of amides is 1. The summed E-state index contributed by atoms with van der Waals surface area (Å²) in [5.74, 6) is 0.645. The van der Waals surface area contributed by atoms with Gasteiger partial charge in [0.05, 0.1) is 11.1 Å². The Morgan fingerprint density at radius 2 is 2.26 bits per heavy atom. The highest BCUT2D eigenvalue weighted by molar-refractivity contribution is 9.10. The van der Waals surface area contributed by atoms with E-state index in [1.54, 1.807) is 14.2 Å². The second-order valence-electron chi connectivity index (χ2n) is 4.46. The monoisotopic (exact) mass is 328 g/mol. The summed E-state index contributed by atoms with van der Waals surface area (Å²) in [4.78, 5) is 11.8. The predicted molar refractivity (Wildman–Crippen MR) is 76.5 cm³/mol. The number of anilines is 1. The van der Waals surface area contributed by atoms with Crippen LogP contribution < -0.4 is 15.4 Å². The van der Waals surface area contributed by atoms with E-state index in [2.05, 4.69) is 26.6 Å². The highest BCUT2D eigenvalue weighted by Crippen LogP contribution is 2.38. The molecule has 0 spiro atoms. The number of carbonyl (C=O) groups is 1. The van der Waals surface area contributed by atoms with Gasteiger partial charge in [0.15, 0.2) is 0 Å². The van der Waals surface area contributed by atoms with Crippen molar-refractivity contribution in [1.29, 1.82) is 0 Å². The Morgan fingerprint density at radius 1 is 1.53 bits per heavy atom. The van der Waals surface area contributed by atoms with Crippen LogP contribution >= 0.6 is 15.9 Å². The van der Waals surface area contributed by atoms with Crippen LogP contribution in [0.25, 0.3) is 0 Å². The van der Waals surface area contributed by atoms with Gasteiger partial charge < -0.3 is 20.1 Å². The first-order valence-electron chi connectivity index (χ1n) is 6.04. The molecular formula is C13H17BrN2O3. The lowest BCUT2D eigenvalue weighted by Gasteiger charge is -2.16. The summed E-state index contributed by atoms with van der Waals surface area (Å²) in [5.41, 5.74) is 1.71. The van der Waals surface area contributed by atoms with Crippen molar-refractivity contribution in [3.05, 3.63) is 22.2 Å². The third kappa shape index (κ3) is 2.91. The number of nitrogens with one attached hydrogen (secondary N) is 2. The van der Waals surface area contributed by atoms with Gasteiger partial charge in [0.2, 0.25) is 5.91 Å². The van der Waals surface area contributed by atoms with Crippen molar-refractivity contribution in [1.82, 2.24) is 5.32 Å². The number of likely N-dealkylation sites (N-methyl/N-ethyl adjacent to an activating group) is 1. The second-order valence-corrected chi connectivity index (χ2v) is 5.32. The highest BCUT2D eigenvalue weighted by atomic mass is 79.9. The van der Waals surface area contributed by atoms with Gasteiger partial charge in [-0.2, -0.15) is 0 Å². The van der Waals surface area contributed by atoms with Crippen molar-refractivity contribution >= 4 is 27.5 Å². The number of fused-ring (bicyclic) bond motifs is 1. The summed E-state index contributed by atoms with van der Waals surface area (Å²) in [6.45, 7) is 2.44. The average molecular weight is 329 g/mol. The summed E-state index contributed by atoms with van der Waals surface area (Å²) in [5, 5.41) is 5.82. The van der Waals surface area contributed by atoms with Crippen LogP contribution in [0.3, 0.4) is 0 Å². The van der Waals surface area contributed by atoms with Crippen LogP contribution in [0, 0.1) is 0 Å². The lowest BCUT2D eigenvalue weighted by molar-refractivity contribution is -0.117. The fourth-order valence-corrected chi connectivity index (χ4v) is 2.58. The first-order chi connectivity index (χ1) is 9.06. The van der Waals surface area contributed by atoms with Gasteiger partial charge in [0.1, 0.15) is 17.9 Å². The molecule has 2 rings (SSSR count). The number of halogens is 1. The fourth-order valence-electron chi connectivity index (χ4n) is 2.12. The van der Waals surface area contributed by atoms with Crippen molar-refractivity contribution in [2.24, 2.45) is 0 Å². The summed E-state index contributed by atoms with van der Waals surface area (Å²) >= 11 is 3.47. The lowest BCUT2D eigenvalue weighted by Crippen LogP contribution is -2.23. The molecule has 2 unspecified atom stereocenters. The van der Waals surface area contributed by atoms with E-state index in [0.29, 0.717) is 12.4 Å². The Labute approximate surface area is 120 Å². The summed E-state index contributed by atoms with van der Waals surface area (Å²) in [6.07, 6.45) is -0.0587. The van der Waals surface area contributed by atoms with Crippen LogP contribution in [0.4, 0.5) is 5.69 Å². The zero-order chi connectivity index (χ0) is 14.0. The molecule has 0 fully saturated rings. The molecule has 5 nitrogen and oxygen atoms in total. The van der Waals surface area contributed by atoms with E-state index < -0.39 is 0 Å². The first kappa shape index (κ1) is 14.3. The standard InChI is InChI=1S/C13H17BrN2O3/c1-7(6-18-3)19-11-5-10-8(4-9(11)14)12(15-2)13(17)16-10/h4-5,7,12,15H,6H2,1-3H3,(H,16,17). The molecule has 0 aliphatic carbocycles. The SMILES string of the molecule is CNC1C(=O)Nc2cc(OC(C)COC)c(Br)cc21. The number of ether oxygens (including phenoxy) is 2. The molecule has 1 aliphatic heterocycles. The number of methoxy groups -OCH3 is 1. The molecule has 0 saturated carbocycles. The molecule has 0 aromatic heterocycles. The highest BCUT2D eigenvalue weighted by Gasteiger charge is 2.30. The Morgan fingerprint density at radius 3 is 2.89 bits per heavy atom. The third-order valence-electron chi connectivity index (χ3n) is 2.95. The summed E-state index contributed by atoms with van der Waals surface area (Å²) < 4.78 is 11.6. The molecule has 1 aromatic rings. The van der Waals surface area contributed by atoms with Gasteiger partial charge in [-0.15, -0.1) is 0 Å². The number of hydrogen-bond acceptors (Lipinski definition) is 4. The van der Waals surface area contributed by atoms with E-state index in [-0.39, 0.29) is 18.1 Å². The molecule has 2 atom stereocenters. The number of carbonyl (C=O) groups excluding carboxylic acids is 1. The molecule has 0 bridgehead atoms. The van der Waals surface area contributed by atoms with E-state index in [0.717, 1.165) is 15.7 Å². The van der Waals surface area contributed by atoms with Crippen LogP contribution in [-0.2, 0) is 9.53 Å². The van der Waals surface area contributed by atoms with Crippen LogP contribution in [0.15, 0.2) is 16.6 Å². The minimum Gasteiger partial charge on any atom is -0.487 e.